The van der Waals surface area contributed by atoms with Crippen LogP contribution in [-0.4, -0.2) is 0 Å². The molecule has 1 aliphatic rings. The van der Waals surface area contributed by atoms with Crippen molar-refractivity contribution in [3.05, 3.63) is 0 Å². The molecule has 0 radical (unpaired) electrons. The molecule has 1 nitrogen and oxygen atoms in total. The Morgan fingerprint density at radius 1 is 0.923 bits per heavy atom. The second kappa shape index (κ2) is 6.95. The summed E-state index contributed by atoms with van der Waals surface area (Å²) in [6, 6.07) is 2.27. The van der Waals surface area contributed by atoms with Crippen LogP contribution in [0.15, 0.2) is 0 Å². The van der Waals surface area contributed by atoms with Crippen molar-refractivity contribution >= 4 is 0 Å². The van der Waals surface area contributed by atoms with Crippen molar-refractivity contribution in [1.82, 2.24) is 0 Å². The van der Waals surface area contributed by atoms with E-state index in [1.54, 1.807) is 0 Å². The molecule has 13 heavy (non-hydrogen) atoms. The van der Waals surface area contributed by atoms with E-state index in [1.807, 2.05) is 0 Å². The third-order valence-corrected chi connectivity index (χ3v) is 3.14. The summed E-state index contributed by atoms with van der Waals surface area (Å²) >= 11 is 0. The van der Waals surface area contributed by atoms with Gasteiger partial charge in [0.05, 0.1) is 6.07 Å². The third kappa shape index (κ3) is 4.93. The Morgan fingerprint density at radius 2 is 1.46 bits per heavy atom. The van der Waals surface area contributed by atoms with Crippen LogP contribution in [0.3, 0.4) is 0 Å². The smallest absolute Gasteiger partial charge is 0.0621 e. The second-order valence-corrected chi connectivity index (χ2v) is 4.26. The summed E-state index contributed by atoms with van der Waals surface area (Å²) in [7, 11) is 0. The Balaban J connectivity index is 2.20. The lowest BCUT2D eigenvalue weighted by Gasteiger charge is -2.13. The lowest BCUT2D eigenvalue weighted by Crippen LogP contribution is -1.99. The Morgan fingerprint density at radius 3 is 2.00 bits per heavy atom. The molecule has 1 heteroatoms. The molecular weight excluding hydrogens is 158 g/mol. The quantitative estimate of drug-likeness (QED) is 0.627. The van der Waals surface area contributed by atoms with Crippen molar-refractivity contribution in [2.45, 2.75) is 64.2 Å². The van der Waals surface area contributed by atoms with E-state index >= 15 is 0 Å². The van der Waals surface area contributed by atoms with Crippen LogP contribution in [0.4, 0.5) is 0 Å². The van der Waals surface area contributed by atoms with Gasteiger partial charge in [0.25, 0.3) is 0 Å². The van der Waals surface area contributed by atoms with Gasteiger partial charge in [-0.25, -0.2) is 0 Å². The molecule has 0 unspecified atom stereocenters. The van der Waals surface area contributed by atoms with Crippen molar-refractivity contribution < 1.29 is 0 Å². The Bertz CT molecular complexity index is 147. The van der Waals surface area contributed by atoms with Crippen LogP contribution < -0.4 is 0 Å². The summed E-state index contributed by atoms with van der Waals surface area (Å²) in [5.74, 6) is 0.859. The zero-order valence-electron chi connectivity index (χ0n) is 8.60. The molecule has 1 fully saturated rings. The van der Waals surface area contributed by atoms with Gasteiger partial charge in [-0.2, -0.15) is 5.26 Å². The monoisotopic (exact) mass is 179 g/mol. The molecule has 0 aromatic rings. The molecule has 0 amide bonds. The van der Waals surface area contributed by atoms with Gasteiger partial charge in [-0.05, 0) is 12.3 Å². The van der Waals surface area contributed by atoms with Gasteiger partial charge >= 0.3 is 0 Å². The number of rotatable bonds is 2. The molecule has 74 valence electrons. The van der Waals surface area contributed by atoms with E-state index in [1.165, 1.54) is 51.4 Å². The summed E-state index contributed by atoms with van der Waals surface area (Å²) in [6.45, 7) is 0. The van der Waals surface area contributed by atoms with Crippen molar-refractivity contribution in [1.29, 1.82) is 5.26 Å². The Kier molecular flexibility index (Phi) is 5.65. The van der Waals surface area contributed by atoms with Crippen LogP contribution in [0.5, 0.6) is 0 Å². The van der Waals surface area contributed by atoms with E-state index < -0.39 is 0 Å². The predicted molar refractivity (Wildman–Crippen MR) is 55.3 cm³/mol. The molecular formula is C12H21N. The lowest BCUT2D eigenvalue weighted by molar-refractivity contribution is 0.405. The highest BCUT2D eigenvalue weighted by Crippen LogP contribution is 2.24. The van der Waals surface area contributed by atoms with E-state index in [9.17, 15) is 0 Å². The van der Waals surface area contributed by atoms with Crippen LogP contribution >= 0.6 is 0 Å². The van der Waals surface area contributed by atoms with Crippen LogP contribution in [-0.2, 0) is 0 Å². The molecule has 1 rings (SSSR count). The molecule has 0 spiro atoms. The first-order valence-corrected chi connectivity index (χ1v) is 5.80. The zero-order valence-corrected chi connectivity index (χ0v) is 8.60. The molecule has 0 aromatic carbocycles. The first-order chi connectivity index (χ1) is 6.43. The second-order valence-electron chi connectivity index (χ2n) is 4.26. The number of hydrogen-bond donors (Lipinski definition) is 0. The summed E-state index contributed by atoms with van der Waals surface area (Å²) in [5.41, 5.74) is 0. The summed E-state index contributed by atoms with van der Waals surface area (Å²) < 4.78 is 0. The molecule has 0 bridgehead atoms. The predicted octanol–water partition coefficient (Wildman–Crippen LogP) is 4.04. The van der Waals surface area contributed by atoms with E-state index in [2.05, 4.69) is 6.07 Å². The highest BCUT2D eigenvalue weighted by molar-refractivity contribution is 4.73. The minimum Gasteiger partial charge on any atom is -0.198 e. The van der Waals surface area contributed by atoms with Gasteiger partial charge in [-0.15, -0.1) is 0 Å². The van der Waals surface area contributed by atoms with E-state index in [0.29, 0.717) is 0 Å². The SMILES string of the molecule is N#CCCC1CCCCCCCC1. The molecule has 0 heterocycles. The maximum absolute atomic E-state index is 8.53. The minimum absolute atomic E-state index is 0.769. The largest absolute Gasteiger partial charge is 0.198 e. The summed E-state index contributed by atoms with van der Waals surface area (Å²) in [5, 5.41) is 8.53. The fourth-order valence-corrected chi connectivity index (χ4v) is 2.27. The summed E-state index contributed by atoms with van der Waals surface area (Å²) in [4.78, 5) is 0. The molecule has 1 aliphatic carbocycles. The molecule has 0 aromatic heterocycles. The lowest BCUT2D eigenvalue weighted by atomic mass is 9.93. The first-order valence-electron chi connectivity index (χ1n) is 5.80. The third-order valence-electron chi connectivity index (χ3n) is 3.14. The standard InChI is InChI=1S/C12H21N/c13-11-7-10-12-8-5-3-1-2-4-6-9-12/h12H,1-10H2. The fourth-order valence-electron chi connectivity index (χ4n) is 2.27. The maximum atomic E-state index is 8.53. The van der Waals surface area contributed by atoms with Gasteiger partial charge in [0, 0.05) is 6.42 Å². The van der Waals surface area contributed by atoms with Crippen molar-refractivity contribution in [3.63, 3.8) is 0 Å². The average Bonchev–Trinajstić information content (AvgIpc) is 2.28. The Hall–Kier alpha value is -0.510. The zero-order chi connectivity index (χ0) is 9.36. The van der Waals surface area contributed by atoms with E-state index in [-0.39, 0.29) is 0 Å². The van der Waals surface area contributed by atoms with Crippen LogP contribution in [0, 0.1) is 17.2 Å². The van der Waals surface area contributed by atoms with Gasteiger partial charge in [0.2, 0.25) is 0 Å². The topological polar surface area (TPSA) is 23.8 Å². The highest BCUT2D eigenvalue weighted by Gasteiger charge is 2.09. The van der Waals surface area contributed by atoms with E-state index in [4.69, 9.17) is 5.26 Å². The highest BCUT2D eigenvalue weighted by atomic mass is 14.2. The number of nitrogens with zero attached hydrogens (tertiary/aromatic N) is 1. The molecule has 0 saturated heterocycles. The minimum atomic E-state index is 0.769. The van der Waals surface area contributed by atoms with Gasteiger partial charge < -0.3 is 0 Å². The molecule has 0 N–H and O–H groups in total. The van der Waals surface area contributed by atoms with Crippen molar-refractivity contribution in [3.8, 4) is 6.07 Å². The Labute approximate surface area is 82.1 Å². The van der Waals surface area contributed by atoms with Gasteiger partial charge in [0.15, 0.2) is 0 Å². The number of hydrogen-bond acceptors (Lipinski definition) is 1. The van der Waals surface area contributed by atoms with Crippen LogP contribution in [0.25, 0.3) is 0 Å². The maximum Gasteiger partial charge on any atom is 0.0621 e. The van der Waals surface area contributed by atoms with Crippen molar-refractivity contribution in [2.24, 2.45) is 5.92 Å². The molecule has 0 atom stereocenters. The van der Waals surface area contributed by atoms with E-state index in [0.717, 1.165) is 18.8 Å². The van der Waals surface area contributed by atoms with Crippen LogP contribution in [0.2, 0.25) is 0 Å². The van der Waals surface area contributed by atoms with Gasteiger partial charge in [-0.3, -0.25) is 0 Å². The summed E-state index contributed by atoms with van der Waals surface area (Å²) in [6.07, 6.45) is 13.2. The normalized spacial score (nSPS) is 21.2. The first kappa shape index (κ1) is 10.6. The average molecular weight is 179 g/mol. The van der Waals surface area contributed by atoms with Gasteiger partial charge in [-0.1, -0.05) is 51.4 Å². The molecule has 1 saturated carbocycles. The van der Waals surface area contributed by atoms with Crippen molar-refractivity contribution in [2.75, 3.05) is 0 Å². The van der Waals surface area contributed by atoms with Gasteiger partial charge in [0.1, 0.15) is 0 Å². The number of nitriles is 1. The fraction of sp³-hybridized carbons (Fsp3) is 0.917. The molecule has 0 aliphatic heterocycles. The van der Waals surface area contributed by atoms with Crippen LogP contribution in [0.1, 0.15) is 64.2 Å².